The summed E-state index contributed by atoms with van der Waals surface area (Å²) in [6.07, 6.45) is 0. The fourth-order valence-corrected chi connectivity index (χ4v) is 1.21. The van der Waals surface area contributed by atoms with Gasteiger partial charge in [-0.05, 0) is 24.6 Å². The Labute approximate surface area is 84.7 Å². The standard InChI is InChI=1S/C10H7BrO2/c1-7-2-4-9(11)6-8(7)3-5-10(12)13/h2,4,6H,1H3,(H,12,13). The molecule has 13 heavy (non-hydrogen) atoms. The minimum Gasteiger partial charge on any atom is -0.472 e. The van der Waals surface area contributed by atoms with Crippen LogP contribution in [0.15, 0.2) is 22.7 Å². The van der Waals surface area contributed by atoms with Crippen molar-refractivity contribution in [1.82, 2.24) is 0 Å². The van der Waals surface area contributed by atoms with Crippen LogP contribution < -0.4 is 0 Å². The molecule has 0 aliphatic rings. The number of halogens is 1. The van der Waals surface area contributed by atoms with Crippen molar-refractivity contribution in [1.29, 1.82) is 0 Å². The largest absolute Gasteiger partial charge is 0.472 e. The van der Waals surface area contributed by atoms with Crippen molar-refractivity contribution in [3.8, 4) is 11.8 Å². The fourth-order valence-electron chi connectivity index (χ4n) is 0.850. The first kappa shape index (κ1) is 9.82. The zero-order chi connectivity index (χ0) is 9.84. The lowest BCUT2D eigenvalue weighted by Crippen LogP contribution is -1.88. The number of carboxylic acids is 1. The fraction of sp³-hybridized carbons (Fsp3) is 0.100. The van der Waals surface area contributed by atoms with E-state index in [2.05, 4.69) is 27.8 Å². The molecule has 0 unspecified atom stereocenters. The maximum atomic E-state index is 10.2. The summed E-state index contributed by atoms with van der Waals surface area (Å²) in [7, 11) is 0. The molecule has 0 saturated carbocycles. The van der Waals surface area contributed by atoms with Crippen molar-refractivity contribution in [3.05, 3.63) is 33.8 Å². The molecule has 1 aromatic rings. The Kier molecular flexibility index (Phi) is 3.10. The Hall–Kier alpha value is -1.27. The van der Waals surface area contributed by atoms with E-state index < -0.39 is 5.97 Å². The molecule has 1 rings (SSSR count). The molecule has 0 atom stereocenters. The second-order valence-corrected chi connectivity index (χ2v) is 3.43. The summed E-state index contributed by atoms with van der Waals surface area (Å²) < 4.78 is 0.896. The molecular formula is C10H7BrO2. The number of benzene rings is 1. The summed E-state index contributed by atoms with van der Waals surface area (Å²) in [5.41, 5.74) is 1.70. The van der Waals surface area contributed by atoms with Gasteiger partial charge in [0.2, 0.25) is 0 Å². The maximum absolute atomic E-state index is 10.2. The van der Waals surface area contributed by atoms with Gasteiger partial charge in [0.15, 0.2) is 0 Å². The van der Waals surface area contributed by atoms with E-state index in [4.69, 9.17) is 5.11 Å². The molecule has 0 bridgehead atoms. The number of carboxylic acid groups (broad SMARTS) is 1. The summed E-state index contributed by atoms with van der Waals surface area (Å²) >= 11 is 3.29. The van der Waals surface area contributed by atoms with Crippen LogP contribution in [0.5, 0.6) is 0 Å². The highest BCUT2D eigenvalue weighted by molar-refractivity contribution is 9.10. The lowest BCUT2D eigenvalue weighted by molar-refractivity contribution is -0.130. The summed E-state index contributed by atoms with van der Waals surface area (Å²) in [5, 5.41) is 8.35. The monoisotopic (exact) mass is 238 g/mol. The lowest BCUT2D eigenvalue weighted by atomic mass is 10.1. The van der Waals surface area contributed by atoms with Gasteiger partial charge in [0.25, 0.3) is 0 Å². The number of rotatable bonds is 0. The van der Waals surface area contributed by atoms with E-state index in [-0.39, 0.29) is 0 Å². The summed E-state index contributed by atoms with van der Waals surface area (Å²) in [6, 6.07) is 5.57. The van der Waals surface area contributed by atoms with Gasteiger partial charge < -0.3 is 5.11 Å². The zero-order valence-corrected chi connectivity index (χ0v) is 8.55. The minimum absolute atomic E-state index is 0.733. The Bertz CT molecular complexity index is 399. The summed E-state index contributed by atoms with van der Waals surface area (Å²) in [6.45, 7) is 1.89. The molecule has 0 amide bonds. The molecule has 3 heteroatoms. The number of hydrogen-bond acceptors (Lipinski definition) is 1. The van der Waals surface area contributed by atoms with Crippen LogP contribution in [0.1, 0.15) is 11.1 Å². The van der Waals surface area contributed by atoms with Crippen molar-refractivity contribution < 1.29 is 9.90 Å². The molecule has 0 spiro atoms. The van der Waals surface area contributed by atoms with E-state index in [1.54, 1.807) is 6.07 Å². The topological polar surface area (TPSA) is 37.3 Å². The van der Waals surface area contributed by atoms with Gasteiger partial charge in [0.05, 0.1) is 0 Å². The molecule has 66 valence electrons. The van der Waals surface area contributed by atoms with Gasteiger partial charge in [0.1, 0.15) is 0 Å². The normalized spacial score (nSPS) is 8.77. The third-order valence-electron chi connectivity index (χ3n) is 1.50. The van der Waals surface area contributed by atoms with Crippen LogP contribution in [-0.4, -0.2) is 11.1 Å². The van der Waals surface area contributed by atoms with Crippen molar-refractivity contribution in [2.75, 3.05) is 0 Å². The van der Waals surface area contributed by atoms with Crippen LogP contribution in [0.2, 0.25) is 0 Å². The third kappa shape index (κ3) is 2.92. The molecule has 0 heterocycles. The van der Waals surface area contributed by atoms with E-state index in [9.17, 15) is 4.79 Å². The van der Waals surface area contributed by atoms with Crippen LogP contribution >= 0.6 is 15.9 Å². The SMILES string of the molecule is Cc1ccc(Br)cc1C#CC(=O)O. The molecule has 1 N–H and O–H groups in total. The molecule has 0 aliphatic carbocycles. The number of carbonyl (C=O) groups is 1. The summed E-state index contributed by atoms with van der Waals surface area (Å²) in [5.74, 6) is 3.54. The zero-order valence-electron chi connectivity index (χ0n) is 6.97. The first-order valence-corrected chi connectivity index (χ1v) is 4.40. The van der Waals surface area contributed by atoms with Crippen LogP contribution in [0.3, 0.4) is 0 Å². The molecular weight excluding hydrogens is 232 g/mol. The highest BCUT2D eigenvalue weighted by Gasteiger charge is 1.95. The van der Waals surface area contributed by atoms with Gasteiger partial charge >= 0.3 is 5.97 Å². The molecule has 0 fully saturated rings. The maximum Gasteiger partial charge on any atom is 0.382 e. The Balaban J connectivity index is 3.09. The van der Waals surface area contributed by atoms with Crippen molar-refractivity contribution >= 4 is 21.9 Å². The molecule has 0 saturated heterocycles. The summed E-state index contributed by atoms with van der Waals surface area (Å²) in [4.78, 5) is 10.2. The Morgan fingerprint density at radius 1 is 1.54 bits per heavy atom. The highest BCUT2D eigenvalue weighted by Crippen LogP contribution is 2.14. The molecule has 0 aromatic heterocycles. The number of aliphatic carboxylic acids is 1. The first-order chi connectivity index (χ1) is 6.09. The Morgan fingerprint density at radius 3 is 2.85 bits per heavy atom. The number of hydrogen-bond donors (Lipinski definition) is 1. The van der Waals surface area contributed by atoms with Crippen LogP contribution in [0, 0.1) is 18.8 Å². The molecule has 2 nitrogen and oxygen atoms in total. The second-order valence-electron chi connectivity index (χ2n) is 2.51. The van der Waals surface area contributed by atoms with Crippen LogP contribution in [0.4, 0.5) is 0 Å². The van der Waals surface area contributed by atoms with Crippen molar-refractivity contribution in [2.45, 2.75) is 6.92 Å². The number of aryl methyl sites for hydroxylation is 1. The van der Waals surface area contributed by atoms with Gasteiger partial charge in [-0.25, -0.2) is 4.79 Å². The second kappa shape index (κ2) is 4.11. The van der Waals surface area contributed by atoms with E-state index >= 15 is 0 Å². The predicted octanol–water partition coefficient (Wildman–Crippen LogP) is 2.19. The molecule has 0 aliphatic heterocycles. The van der Waals surface area contributed by atoms with Gasteiger partial charge in [-0.2, -0.15) is 0 Å². The lowest BCUT2D eigenvalue weighted by Gasteiger charge is -1.97. The highest BCUT2D eigenvalue weighted by atomic mass is 79.9. The average Bonchev–Trinajstić information content (AvgIpc) is 2.06. The van der Waals surface area contributed by atoms with Crippen molar-refractivity contribution in [2.24, 2.45) is 0 Å². The quantitative estimate of drug-likeness (QED) is 0.704. The first-order valence-electron chi connectivity index (χ1n) is 3.60. The molecule has 1 aromatic carbocycles. The Morgan fingerprint density at radius 2 is 2.23 bits per heavy atom. The minimum atomic E-state index is -1.11. The van der Waals surface area contributed by atoms with Crippen molar-refractivity contribution in [3.63, 3.8) is 0 Å². The van der Waals surface area contributed by atoms with Gasteiger partial charge in [-0.3, -0.25) is 0 Å². The van der Waals surface area contributed by atoms with Gasteiger partial charge in [0, 0.05) is 16.0 Å². The van der Waals surface area contributed by atoms with E-state index in [0.717, 1.165) is 15.6 Å². The average molecular weight is 239 g/mol. The van der Waals surface area contributed by atoms with E-state index in [0.29, 0.717) is 0 Å². The van der Waals surface area contributed by atoms with E-state index in [1.807, 2.05) is 19.1 Å². The van der Waals surface area contributed by atoms with Crippen LogP contribution in [0.25, 0.3) is 0 Å². The van der Waals surface area contributed by atoms with E-state index in [1.165, 1.54) is 0 Å². The predicted molar refractivity (Wildman–Crippen MR) is 53.4 cm³/mol. The van der Waals surface area contributed by atoms with Gasteiger partial charge in [-0.1, -0.05) is 27.9 Å². The van der Waals surface area contributed by atoms with Crippen LogP contribution in [-0.2, 0) is 4.79 Å². The molecule has 0 radical (unpaired) electrons. The smallest absolute Gasteiger partial charge is 0.382 e. The van der Waals surface area contributed by atoms with Gasteiger partial charge in [-0.15, -0.1) is 0 Å². The third-order valence-corrected chi connectivity index (χ3v) is 2.00.